The highest BCUT2D eigenvalue weighted by atomic mass is 16.2. The Morgan fingerprint density at radius 2 is 1.38 bits per heavy atom. The van der Waals surface area contributed by atoms with Crippen LogP contribution in [0.3, 0.4) is 0 Å². The van der Waals surface area contributed by atoms with Crippen LogP contribution >= 0.6 is 0 Å². The molecule has 6 nitrogen and oxygen atoms in total. The average Bonchev–Trinajstić information content (AvgIpc) is 3.38. The van der Waals surface area contributed by atoms with Gasteiger partial charge in [-0.2, -0.15) is 0 Å². The largest absolute Gasteiger partial charge is 0.339 e. The highest BCUT2D eigenvalue weighted by Crippen LogP contribution is 2.20. The van der Waals surface area contributed by atoms with Crippen LogP contribution < -0.4 is 10.6 Å². The lowest BCUT2D eigenvalue weighted by Crippen LogP contribution is -2.37. The zero-order valence-corrected chi connectivity index (χ0v) is 17.7. The molecular weight excluding hydrogens is 402 g/mol. The highest BCUT2D eigenvalue weighted by molar-refractivity contribution is 6.02. The molecule has 32 heavy (non-hydrogen) atoms. The second kappa shape index (κ2) is 9.92. The van der Waals surface area contributed by atoms with Crippen LogP contribution in [0.25, 0.3) is 0 Å². The molecule has 1 atom stereocenters. The van der Waals surface area contributed by atoms with Crippen LogP contribution in [-0.4, -0.2) is 35.7 Å². The summed E-state index contributed by atoms with van der Waals surface area (Å²) in [4.78, 5) is 40.5. The molecule has 2 N–H and O–H groups in total. The minimum atomic E-state index is -0.887. The van der Waals surface area contributed by atoms with Crippen LogP contribution in [0.2, 0.25) is 0 Å². The molecule has 1 unspecified atom stereocenters. The molecule has 1 fully saturated rings. The molecule has 6 heteroatoms. The molecule has 1 aliphatic rings. The van der Waals surface area contributed by atoms with E-state index in [0.29, 0.717) is 22.4 Å². The zero-order valence-electron chi connectivity index (χ0n) is 17.7. The van der Waals surface area contributed by atoms with E-state index < -0.39 is 6.04 Å². The summed E-state index contributed by atoms with van der Waals surface area (Å²) in [5.41, 5.74) is 2.18. The van der Waals surface area contributed by atoms with E-state index in [1.165, 1.54) is 0 Å². The number of nitrogens with one attached hydrogen (secondary N) is 2. The summed E-state index contributed by atoms with van der Waals surface area (Å²) in [5, 5.41) is 5.68. The number of carbonyl (C=O) groups is 3. The maximum atomic E-state index is 13.2. The summed E-state index contributed by atoms with van der Waals surface area (Å²) in [7, 11) is 0. The van der Waals surface area contributed by atoms with E-state index in [4.69, 9.17) is 0 Å². The fraction of sp³-hybridized carbons (Fsp3) is 0.192. The Bertz CT molecular complexity index is 1090. The van der Waals surface area contributed by atoms with Gasteiger partial charge in [0.15, 0.2) is 0 Å². The number of carbonyl (C=O) groups excluding carboxylic acids is 3. The maximum absolute atomic E-state index is 13.2. The standard InChI is InChI=1S/C26H25N3O3/c30-24(20-12-5-2-6-13-20)28-23(19-10-3-1-4-11-19)25(31)27-22-15-9-14-21(18-22)26(32)29-16-7-8-17-29/h1-6,9-15,18,23H,7-8,16-17H2,(H,27,31)(H,28,30). The number of benzene rings is 3. The second-order valence-corrected chi connectivity index (χ2v) is 7.75. The minimum absolute atomic E-state index is 0.0319. The van der Waals surface area contributed by atoms with Gasteiger partial charge in [0.25, 0.3) is 17.7 Å². The van der Waals surface area contributed by atoms with Gasteiger partial charge >= 0.3 is 0 Å². The third-order valence-corrected chi connectivity index (χ3v) is 5.48. The number of likely N-dealkylation sites (tertiary alicyclic amines) is 1. The van der Waals surface area contributed by atoms with Gasteiger partial charge in [-0.25, -0.2) is 0 Å². The molecule has 0 saturated carbocycles. The van der Waals surface area contributed by atoms with E-state index in [9.17, 15) is 14.4 Å². The van der Waals surface area contributed by atoms with E-state index in [2.05, 4.69) is 10.6 Å². The van der Waals surface area contributed by atoms with E-state index in [1.807, 2.05) is 29.2 Å². The van der Waals surface area contributed by atoms with E-state index in [0.717, 1.165) is 25.9 Å². The third kappa shape index (κ3) is 5.03. The summed E-state index contributed by atoms with van der Waals surface area (Å²) >= 11 is 0. The van der Waals surface area contributed by atoms with Crippen molar-refractivity contribution in [2.45, 2.75) is 18.9 Å². The van der Waals surface area contributed by atoms with Crippen LogP contribution in [0.15, 0.2) is 84.9 Å². The van der Waals surface area contributed by atoms with E-state index >= 15 is 0 Å². The van der Waals surface area contributed by atoms with Crippen molar-refractivity contribution in [2.75, 3.05) is 18.4 Å². The molecule has 0 aromatic heterocycles. The van der Waals surface area contributed by atoms with Crippen molar-refractivity contribution in [1.82, 2.24) is 10.2 Å². The van der Waals surface area contributed by atoms with Crippen molar-refractivity contribution in [3.63, 3.8) is 0 Å². The normalized spacial score (nSPS) is 13.9. The molecule has 4 rings (SSSR count). The predicted octanol–water partition coefficient (Wildman–Crippen LogP) is 4.03. The maximum Gasteiger partial charge on any atom is 0.253 e. The molecular formula is C26H25N3O3. The number of amides is 3. The fourth-order valence-corrected chi connectivity index (χ4v) is 3.80. The van der Waals surface area contributed by atoms with Gasteiger partial charge in [0, 0.05) is 29.9 Å². The third-order valence-electron chi connectivity index (χ3n) is 5.48. The Balaban J connectivity index is 1.53. The van der Waals surface area contributed by atoms with Gasteiger partial charge in [-0.1, -0.05) is 54.6 Å². The first-order valence-electron chi connectivity index (χ1n) is 10.7. The first-order valence-corrected chi connectivity index (χ1v) is 10.7. The molecule has 162 valence electrons. The van der Waals surface area contributed by atoms with Gasteiger partial charge in [0.1, 0.15) is 6.04 Å². The summed E-state index contributed by atoms with van der Waals surface area (Å²) in [6, 6.07) is 23.9. The number of hydrogen-bond acceptors (Lipinski definition) is 3. The Labute approximate surface area is 187 Å². The number of nitrogens with zero attached hydrogens (tertiary/aromatic N) is 1. The molecule has 3 aromatic carbocycles. The number of hydrogen-bond donors (Lipinski definition) is 2. The molecule has 0 aliphatic carbocycles. The fourth-order valence-electron chi connectivity index (χ4n) is 3.80. The van der Waals surface area contributed by atoms with Crippen LogP contribution in [0.4, 0.5) is 5.69 Å². The van der Waals surface area contributed by atoms with Crippen molar-refractivity contribution in [3.05, 3.63) is 102 Å². The summed E-state index contributed by atoms with van der Waals surface area (Å²) < 4.78 is 0. The quantitative estimate of drug-likeness (QED) is 0.623. The Morgan fingerprint density at radius 1 is 0.750 bits per heavy atom. The molecule has 0 bridgehead atoms. The van der Waals surface area contributed by atoms with Gasteiger partial charge in [0.2, 0.25) is 0 Å². The van der Waals surface area contributed by atoms with Gasteiger partial charge in [-0.3, -0.25) is 14.4 Å². The monoisotopic (exact) mass is 427 g/mol. The summed E-state index contributed by atoms with van der Waals surface area (Å²) in [6.45, 7) is 1.52. The molecule has 1 saturated heterocycles. The van der Waals surface area contributed by atoms with E-state index in [-0.39, 0.29) is 17.7 Å². The van der Waals surface area contributed by atoms with E-state index in [1.54, 1.807) is 60.7 Å². The van der Waals surface area contributed by atoms with Gasteiger partial charge < -0.3 is 15.5 Å². The van der Waals surface area contributed by atoms with Crippen molar-refractivity contribution < 1.29 is 14.4 Å². The van der Waals surface area contributed by atoms with Crippen molar-refractivity contribution >= 4 is 23.4 Å². The average molecular weight is 428 g/mol. The molecule has 1 heterocycles. The topological polar surface area (TPSA) is 78.5 Å². The van der Waals surface area contributed by atoms with Gasteiger partial charge in [-0.05, 0) is 48.7 Å². The Kier molecular flexibility index (Phi) is 6.60. The molecule has 0 radical (unpaired) electrons. The lowest BCUT2D eigenvalue weighted by atomic mass is 10.0. The zero-order chi connectivity index (χ0) is 22.3. The van der Waals surface area contributed by atoms with Crippen LogP contribution in [-0.2, 0) is 4.79 Å². The Morgan fingerprint density at radius 3 is 2.06 bits per heavy atom. The first kappa shape index (κ1) is 21.3. The number of rotatable bonds is 6. The summed E-state index contributed by atoms with van der Waals surface area (Å²) in [6.07, 6.45) is 2.03. The lowest BCUT2D eigenvalue weighted by molar-refractivity contribution is -0.118. The van der Waals surface area contributed by atoms with Gasteiger partial charge in [0.05, 0.1) is 0 Å². The second-order valence-electron chi connectivity index (χ2n) is 7.75. The van der Waals surface area contributed by atoms with Crippen molar-refractivity contribution in [1.29, 1.82) is 0 Å². The van der Waals surface area contributed by atoms with Crippen LogP contribution in [0, 0.1) is 0 Å². The molecule has 3 amide bonds. The molecule has 0 spiro atoms. The van der Waals surface area contributed by atoms with Crippen molar-refractivity contribution in [2.24, 2.45) is 0 Å². The molecule has 1 aliphatic heterocycles. The SMILES string of the molecule is O=C(NC(C(=O)Nc1cccc(C(=O)N2CCCC2)c1)c1ccccc1)c1ccccc1. The molecule has 3 aromatic rings. The van der Waals surface area contributed by atoms with Crippen LogP contribution in [0.5, 0.6) is 0 Å². The minimum Gasteiger partial charge on any atom is -0.339 e. The smallest absolute Gasteiger partial charge is 0.253 e. The van der Waals surface area contributed by atoms with Crippen LogP contribution in [0.1, 0.15) is 45.2 Å². The first-order chi connectivity index (χ1) is 15.6. The summed E-state index contributed by atoms with van der Waals surface area (Å²) in [5.74, 6) is -0.755. The van der Waals surface area contributed by atoms with Crippen molar-refractivity contribution in [3.8, 4) is 0 Å². The number of anilines is 1. The predicted molar refractivity (Wildman–Crippen MR) is 123 cm³/mol. The lowest BCUT2D eigenvalue weighted by Gasteiger charge is -2.20. The Hall–Kier alpha value is -3.93. The highest BCUT2D eigenvalue weighted by Gasteiger charge is 2.24. The van der Waals surface area contributed by atoms with Gasteiger partial charge in [-0.15, -0.1) is 0 Å².